The lowest BCUT2D eigenvalue weighted by Crippen LogP contribution is -2.24. The van der Waals surface area contributed by atoms with Crippen LogP contribution in [0.5, 0.6) is 0 Å². The molecule has 4 nitrogen and oxygen atoms in total. The Morgan fingerprint density at radius 2 is 2.33 bits per heavy atom. The van der Waals surface area contributed by atoms with Crippen LogP contribution in [0.15, 0.2) is 21.7 Å². The molecule has 0 aliphatic carbocycles. The van der Waals surface area contributed by atoms with Crippen LogP contribution in [0.2, 0.25) is 0 Å². The topological polar surface area (TPSA) is 67.5 Å². The van der Waals surface area contributed by atoms with Crippen molar-refractivity contribution in [2.24, 2.45) is 10.8 Å². The van der Waals surface area contributed by atoms with Crippen molar-refractivity contribution >= 4 is 28.2 Å². The van der Waals surface area contributed by atoms with Gasteiger partial charge in [-0.2, -0.15) is 5.10 Å². The van der Waals surface area contributed by atoms with Crippen molar-refractivity contribution in [3.8, 4) is 0 Å². The molecule has 0 spiro atoms. The molecule has 0 atom stereocenters. The molecular formula is C9H9BrFN3O. The molecule has 0 bridgehead atoms. The average molecular weight is 274 g/mol. The Hall–Kier alpha value is -1.43. The number of hydrogen-bond donors (Lipinski definition) is 2. The van der Waals surface area contributed by atoms with E-state index < -0.39 is 11.8 Å². The Kier molecular flexibility index (Phi) is 3.79. The zero-order valence-corrected chi connectivity index (χ0v) is 9.51. The fraction of sp³-hybridized carbons (Fsp3) is 0.111. The van der Waals surface area contributed by atoms with Gasteiger partial charge in [0.1, 0.15) is 5.82 Å². The van der Waals surface area contributed by atoms with E-state index in [1.807, 2.05) is 12.3 Å². The summed E-state index contributed by atoms with van der Waals surface area (Å²) in [5, 5.41) is 3.47. The summed E-state index contributed by atoms with van der Waals surface area (Å²) in [6.07, 6.45) is 1.19. The van der Waals surface area contributed by atoms with Crippen LogP contribution in [0.3, 0.4) is 0 Å². The first-order chi connectivity index (χ1) is 7.00. The van der Waals surface area contributed by atoms with Gasteiger partial charge in [0.25, 0.3) is 0 Å². The minimum absolute atomic E-state index is 0.274. The van der Waals surface area contributed by atoms with Gasteiger partial charge in [0.2, 0.25) is 0 Å². The Bertz CT molecular complexity index is 420. The van der Waals surface area contributed by atoms with Gasteiger partial charge in [-0.15, -0.1) is 0 Å². The van der Waals surface area contributed by atoms with Gasteiger partial charge in [-0.05, 0) is 40.5 Å². The maximum atomic E-state index is 13.4. The SMILES string of the molecule is Cc1cc(Br)c(F)c(C=NNC(N)=O)c1. The highest BCUT2D eigenvalue weighted by Gasteiger charge is 2.05. The molecule has 1 rings (SSSR count). The average Bonchev–Trinajstić information content (AvgIpc) is 2.12. The maximum absolute atomic E-state index is 13.4. The summed E-state index contributed by atoms with van der Waals surface area (Å²) in [6.45, 7) is 1.82. The summed E-state index contributed by atoms with van der Waals surface area (Å²) in [4.78, 5) is 10.3. The quantitative estimate of drug-likeness (QED) is 0.627. The number of urea groups is 1. The number of amides is 2. The van der Waals surface area contributed by atoms with Gasteiger partial charge in [-0.1, -0.05) is 0 Å². The summed E-state index contributed by atoms with van der Waals surface area (Å²) >= 11 is 3.07. The molecule has 0 aromatic heterocycles. The van der Waals surface area contributed by atoms with Crippen LogP contribution >= 0.6 is 15.9 Å². The molecule has 0 saturated heterocycles. The molecule has 0 radical (unpaired) electrons. The number of carbonyl (C=O) groups excluding carboxylic acids is 1. The van der Waals surface area contributed by atoms with Crippen LogP contribution in [-0.4, -0.2) is 12.2 Å². The Morgan fingerprint density at radius 1 is 1.67 bits per heavy atom. The van der Waals surface area contributed by atoms with Crippen LogP contribution in [0.4, 0.5) is 9.18 Å². The Morgan fingerprint density at radius 3 is 2.93 bits per heavy atom. The number of hydrazone groups is 1. The first kappa shape index (κ1) is 11.6. The number of nitrogens with two attached hydrogens (primary N) is 1. The monoisotopic (exact) mass is 273 g/mol. The third-order valence-corrected chi connectivity index (χ3v) is 2.16. The van der Waals surface area contributed by atoms with Crippen molar-refractivity contribution < 1.29 is 9.18 Å². The third-order valence-electron chi connectivity index (χ3n) is 1.58. The molecule has 0 aliphatic heterocycles. The molecule has 0 aliphatic rings. The molecule has 1 aromatic carbocycles. The van der Waals surface area contributed by atoms with Gasteiger partial charge in [0.05, 0.1) is 10.7 Å². The van der Waals surface area contributed by atoms with E-state index in [0.717, 1.165) is 5.56 Å². The lowest BCUT2D eigenvalue weighted by Gasteiger charge is -2.01. The minimum Gasteiger partial charge on any atom is -0.350 e. The number of rotatable bonds is 2. The number of benzene rings is 1. The lowest BCUT2D eigenvalue weighted by molar-refractivity contribution is 0.249. The molecule has 2 amide bonds. The summed E-state index contributed by atoms with van der Waals surface area (Å²) in [7, 11) is 0. The Balaban J connectivity index is 2.94. The highest BCUT2D eigenvalue weighted by atomic mass is 79.9. The van der Waals surface area contributed by atoms with Crippen LogP contribution in [-0.2, 0) is 0 Å². The smallest absolute Gasteiger partial charge is 0.332 e. The number of nitrogens with one attached hydrogen (secondary N) is 1. The van der Waals surface area contributed by atoms with Gasteiger partial charge in [0.15, 0.2) is 0 Å². The van der Waals surface area contributed by atoms with E-state index in [0.29, 0.717) is 4.47 Å². The highest BCUT2D eigenvalue weighted by Crippen LogP contribution is 2.19. The van der Waals surface area contributed by atoms with E-state index in [9.17, 15) is 9.18 Å². The van der Waals surface area contributed by atoms with Gasteiger partial charge < -0.3 is 5.73 Å². The molecule has 3 N–H and O–H groups in total. The summed E-state index contributed by atoms with van der Waals surface area (Å²) < 4.78 is 13.8. The number of halogens is 2. The van der Waals surface area contributed by atoms with Crippen molar-refractivity contribution in [2.45, 2.75) is 6.92 Å². The van der Waals surface area contributed by atoms with E-state index in [-0.39, 0.29) is 5.56 Å². The van der Waals surface area contributed by atoms with E-state index in [1.165, 1.54) is 6.21 Å². The lowest BCUT2D eigenvalue weighted by atomic mass is 10.1. The number of primary amides is 1. The third kappa shape index (κ3) is 3.32. The van der Waals surface area contributed by atoms with Gasteiger partial charge >= 0.3 is 6.03 Å². The van der Waals surface area contributed by atoms with Gasteiger partial charge in [-0.25, -0.2) is 14.6 Å². The summed E-state index contributed by atoms with van der Waals surface area (Å²) in [5.41, 5.74) is 7.93. The number of carbonyl (C=O) groups is 1. The largest absolute Gasteiger partial charge is 0.350 e. The van der Waals surface area contributed by atoms with Crippen LogP contribution in [0, 0.1) is 12.7 Å². The van der Waals surface area contributed by atoms with Crippen molar-refractivity contribution in [1.29, 1.82) is 0 Å². The predicted molar refractivity (Wildman–Crippen MR) is 59.2 cm³/mol. The number of nitrogens with zero attached hydrogens (tertiary/aromatic N) is 1. The second kappa shape index (κ2) is 4.88. The molecule has 0 saturated carbocycles. The van der Waals surface area contributed by atoms with Gasteiger partial charge in [0, 0.05) is 5.56 Å². The molecular weight excluding hydrogens is 265 g/mol. The van der Waals surface area contributed by atoms with E-state index in [1.54, 1.807) is 12.1 Å². The molecule has 0 unspecified atom stereocenters. The summed E-state index contributed by atoms with van der Waals surface area (Å²) in [5.74, 6) is -0.435. The zero-order valence-electron chi connectivity index (χ0n) is 7.92. The van der Waals surface area contributed by atoms with E-state index >= 15 is 0 Å². The molecule has 1 aromatic rings. The second-order valence-corrected chi connectivity index (χ2v) is 3.74. The molecule has 15 heavy (non-hydrogen) atoms. The first-order valence-electron chi connectivity index (χ1n) is 4.05. The van der Waals surface area contributed by atoms with Crippen molar-refractivity contribution in [3.63, 3.8) is 0 Å². The first-order valence-corrected chi connectivity index (χ1v) is 4.84. The second-order valence-electron chi connectivity index (χ2n) is 2.88. The fourth-order valence-electron chi connectivity index (χ4n) is 1.01. The predicted octanol–water partition coefficient (Wildman–Crippen LogP) is 1.90. The van der Waals surface area contributed by atoms with Crippen molar-refractivity contribution in [2.75, 3.05) is 0 Å². The fourth-order valence-corrected chi connectivity index (χ4v) is 1.60. The molecule has 0 fully saturated rings. The van der Waals surface area contributed by atoms with Crippen molar-refractivity contribution in [1.82, 2.24) is 5.43 Å². The molecule has 0 heterocycles. The molecule has 6 heteroatoms. The van der Waals surface area contributed by atoms with Gasteiger partial charge in [-0.3, -0.25) is 0 Å². The molecule has 80 valence electrons. The number of aryl methyl sites for hydroxylation is 1. The van der Waals surface area contributed by atoms with E-state index in [4.69, 9.17) is 5.73 Å². The van der Waals surface area contributed by atoms with Crippen molar-refractivity contribution in [3.05, 3.63) is 33.5 Å². The standard InChI is InChI=1S/C9H9BrFN3O/c1-5-2-6(4-13-14-9(12)15)8(11)7(10)3-5/h2-4H,1H3,(H3,12,14,15). The zero-order chi connectivity index (χ0) is 11.4. The van der Waals surface area contributed by atoms with Crippen LogP contribution in [0.1, 0.15) is 11.1 Å². The minimum atomic E-state index is -0.793. The van der Waals surface area contributed by atoms with Crippen LogP contribution in [0.25, 0.3) is 0 Å². The normalized spacial score (nSPS) is 10.6. The van der Waals surface area contributed by atoms with E-state index in [2.05, 4.69) is 21.0 Å². The summed E-state index contributed by atoms with van der Waals surface area (Å²) in [6, 6.07) is 2.46. The Labute approximate surface area is 94.5 Å². The van der Waals surface area contributed by atoms with Crippen LogP contribution < -0.4 is 11.2 Å². The number of hydrogen-bond acceptors (Lipinski definition) is 2. The highest BCUT2D eigenvalue weighted by molar-refractivity contribution is 9.10. The maximum Gasteiger partial charge on any atom is 0.332 e.